The Morgan fingerprint density at radius 3 is 2.31 bits per heavy atom. The topological polar surface area (TPSA) is 93.5 Å². The molecular formula is C18H17ClF3N3O4. The van der Waals surface area contributed by atoms with E-state index in [4.69, 9.17) is 16.3 Å². The summed E-state index contributed by atoms with van der Waals surface area (Å²) in [6.45, 7) is 4.97. The number of hydrazine groups is 1. The molecular weight excluding hydrogens is 415 g/mol. The van der Waals surface area contributed by atoms with Crippen LogP contribution in [0, 0.1) is 15.5 Å². The van der Waals surface area contributed by atoms with E-state index < -0.39 is 28.0 Å². The van der Waals surface area contributed by atoms with Crippen LogP contribution in [0.1, 0.15) is 26.3 Å². The van der Waals surface area contributed by atoms with E-state index in [0.717, 1.165) is 18.2 Å². The Kier molecular flexibility index (Phi) is 6.27. The lowest BCUT2D eigenvalue weighted by Gasteiger charge is -2.19. The lowest BCUT2D eigenvalue weighted by molar-refractivity contribution is -0.384. The molecule has 0 atom stereocenters. The average molecular weight is 432 g/mol. The van der Waals surface area contributed by atoms with Crippen LogP contribution in [0.15, 0.2) is 36.4 Å². The maximum absolute atomic E-state index is 12.7. The molecule has 7 nitrogen and oxygen atoms in total. The first kappa shape index (κ1) is 22.3. The molecule has 0 bridgehead atoms. The van der Waals surface area contributed by atoms with Crippen LogP contribution in [-0.4, -0.2) is 10.8 Å². The van der Waals surface area contributed by atoms with Crippen LogP contribution < -0.4 is 15.6 Å². The van der Waals surface area contributed by atoms with Crippen LogP contribution in [0.4, 0.5) is 24.5 Å². The van der Waals surface area contributed by atoms with E-state index in [9.17, 15) is 28.1 Å². The van der Waals surface area contributed by atoms with Gasteiger partial charge in [0.2, 0.25) is 5.91 Å². The standard InChI is InChI=1S/C18H17ClF3N3O4/c1-17(2,3)16(26)24-23-13-9-11(5-6-14(13)25(27)28)29-15-7-4-10(8-12(15)19)18(20,21)22/h4-9,23H,1-3H3,(H,24,26). The van der Waals surface area contributed by atoms with Gasteiger partial charge in [0.25, 0.3) is 5.69 Å². The van der Waals surface area contributed by atoms with Crippen molar-refractivity contribution in [3.8, 4) is 11.5 Å². The van der Waals surface area contributed by atoms with E-state index in [1.807, 2.05) is 0 Å². The summed E-state index contributed by atoms with van der Waals surface area (Å²) in [5, 5.41) is 10.9. The second-order valence-electron chi connectivity index (χ2n) is 7.01. The summed E-state index contributed by atoms with van der Waals surface area (Å²) in [5.41, 5.74) is 2.72. The summed E-state index contributed by atoms with van der Waals surface area (Å²) in [5.74, 6) is -0.424. The molecule has 0 fully saturated rings. The zero-order valence-corrected chi connectivity index (χ0v) is 16.3. The van der Waals surface area contributed by atoms with Gasteiger partial charge in [0.1, 0.15) is 17.2 Å². The van der Waals surface area contributed by atoms with Crippen LogP contribution in [0.25, 0.3) is 0 Å². The number of ether oxygens (including phenoxy) is 1. The van der Waals surface area contributed by atoms with Gasteiger partial charge in [0.05, 0.1) is 15.5 Å². The second kappa shape index (κ2) is 8.16. The highest BCUT2D eigenvalue weighted by Gasteiger charge is 2.31. The van der Waals surface area contributed by atoms with Crippen molar-refractivity contribution < 1.29 is 27.6 Å². The summed E-state index contributed by atoms with van der Waals surface area (Å²) in [6, 6.07) is 6.15. The van der Waals surface area contributed by atoms with Gasteiger partial charge in [0, 0.05) is 17.5 Å². The number of carbonyl (C=O) groups is 1. The van der Waals surface area contributed by atoms with Crippen molar-refractivity contribution >= 4 is 28.9 Å². The fourth-order valence-corrected chi connectivity index (χ4v) is 2.26. The summed E-state index contributed by atoms with van der Waals surface area (Å²) in [6.07, 6.45) is -4.56. The molecule has 29 heavy (non-hydrogen) atoms. The molecule has 0 heterocycles. The van der Waals surface area contributed by atoms with Crippen LogP contribution >= 0.6 is 11.6 Å². The number of amides is 1. The Morgan fingerprint density at radius 1 is 1.14 bits per heavy atom. The molecule has 0 unspecified atom stereocenters. The average Bonchev–Trinajstić information content (AvgIpc) is 2.59. The molecule has 0 radical (unpaired) electrons. The van der Waals surface area contributed by atoms with Gasteiger partial charge in [-0.05, 0) is 24.3 Å². The zero-order chi connectivity index (χ0) is 22.0. The SMILES string of the molecule is CC(C)(C)C(=O)NNc1cc(Oc2ccc(C(F)(F)F)cc2Cl)ccc1[N+](=O)[O-]. The number of nitro groups is 1. The van der Waals surface area contributed by atoms with Gasteiger partial charge in [-0.25, -0.2) is 0 Å². The van der Waals surface area contributed by atoms with E-state index >= 15 is 0 Å². The number of anilines is 1. The van der Waals surface area contributed by atoms with E-state index in [-0.39, 0.29) is 27.9 Å². The van der Waals surface area contributed by atoms with Crippen molar-refractivity contribution in [2.75, 3.05) is 5.43 Å². The Bertz CT molecular complexity index is 943. The number of carbonyl (C=O) groups excluding carboxylic acids is 1. The van der Waals surface area contributed by atoms with Crippen LogP contribution in [0.3, 0.4) is 0 Å². The van der Waals surface area contributed by atoms with Gasteiger partial charge < -0.3 is 4.74 Å². The molecule has 0 aliphatic rings. The molecule has 156 valence electrons. The minimum atomic E-state index is -4.56. The first-order valence-corrected chi connectivity index (χ1v) is 8.56. The van der Waals surface area contributed by atoms with Crippen LogP contribution in [0.2, 0.25) is 5.02 Å². The highest BCUT2D eigenvalue weighted by molar-refractivity contribution is 6.32. The van der Waals surface area contributed by atoms with E-state index in [2.05, 4.69) is 10.9 Å². The quantitative estimate of drug-likeness (QED) is 0.478. The number of nitro benzene ring substituents is 1. The number of halogens is 4. The normalized spacial score (nSPS) is 11.7. The lowest BCUT2D eigenvalue weighted by atomic mass is 9.96. The second-order valence-corrected chi connectivity index (χ2v) is 7.42. The first-order valence-electron chi connectivity index (χ1n) is 8.18. The van der Waals surface area contributed by atoms with E-state index in [0.29, 0.717) is 6.07 Å². The van der Waals surface area contributed by atoms with Gasteiger partial charge in [-0.2, -0.15) is 13.2 Å². The molecule has 0 saturated carbocycles. The number of alkyl halides is 3. The van der Waals surface area contributed by atoms with Crippen molar-refractivity contribution in [2.45, 2.75) is 26.9 Å². The minimum Gasteiger partial charge on any atom is -0.456 e. The molecule has 0 saturated heterocycles. The van der Waals surface area contributed by atoms with Gasteiger partial charge in [-0.15, -0.1) is 0 Å². The third kappa shape index (κ3) is 5.74. The highest BCUT2D eigenvalue weighted by Crippen LogP contribution is 2.37. The number of benzene rings is 2. The number of nitrogens with one attached hydrogen (secondary N) is 2. The molecule has 1 amide bonds. The predicted octanol–water partition coefficient (Wildman–Crippen LogP) is 5.55. The smallest absolute Gasteiger partial charge is 0.416 e. The number of rotatable bonds is 5. The maximum Gasteiger partial charge on any atom is 0.416 e. The van der Waals surface area contributed by atoms with E-state index in [1.54, 1.807) is 20.8 Å². The predicted molar refractivity (Wildman–Crippen MR) is 101 cm³/mol. The maximum atomic E-state index is 12.7. The van der Waals surface area contributed by atoms with Gasteiger partial charge in [-0.3, -0.25) is 25.8 Å². The molecule has 2 N–H and O–H groups in total. The molecule has 2 rings (SSSR count). The van der Waals surface area contributed by atoms with Crippen molar-refractivity contribution in [1.29, 1.82) is 0 Å². The Morgan fingerprint density at radius 2 is 1.79 bits per heavy atom. The third-order valence-corrected chi connectivity index (χ3v) is 3.94. The molecule has 0 aromatic heterocycles. The Hall–Kier alpha value is -3.01. The molecule has 11 heteroatoms. The summed E-state index contributed by atoms with van der Waals surface area (Å²) >= 11 is 5.85. The summed E-state index contributed by atoms with van der Waals surface area (Å²) < 4.78 is 43.6. The van der Waals surface area contributed by atoms with Crippen molar-refractivity contribution in [3.63, 3.8) is 0 Å². The fraction of sp³-hybridized carbons (Fsp3) is 0.278. The third-order valence-electron chi connectivity index (χ3n) is 3.64. The number of nitrogens with zero attached hydrogens (tertiary/aromatic N) is 1. The molecule has 0 aliphatic heterocycles. The van der Waals surface area contributed by atoms with Crippen molar-refractivity contribution in [3.05, 3.63) is 57.1 Å². The van der Waals surface area contributed by atoms with Crippen molar-refractivity contribution in [2.24, 2.45) is 5.41 Å². The zero-order valence-electron chi connectivity index (χ0n) is 15.6. The largest absolute Gasteiger partial charge is 0.456 e. The van der Waals surface area contributed by atoms with Crippen LogP contribution in [-0.2, 0) is 11.0 Å². The Labute approximate surface area is 168 Å². The van der Waals surface area contributed by atoms with Gasteiger partial charge in [0.15, 0.2) is 0 Å². The van der Waals surface area contributed by atoms with Crippen molar-refractivity contribution in [1.82, 2.24) is 5.43 Å². The highest BCUT2D eigenvalue weighted by atomic mass is 35.5. The molecule has 0 aliphatic carbocycles. The monoisotopic (exact) mass is 431 g/mol. The first-order chi connectivity index (χ1) is 13.3. The Balaban J connectivity index is 2.28. The number of hydrogen-bond donors (Lipinski definition) is 2. The van der Waals surface area contributed by atoms with Crippen LogP contribution in [0.5, 0.6) is 11.5 Å². The molecule has 2 aromatic carbocycles. The summed E-state index contributed by atoms with van der Waals surface area (Å²) in [4.78, 5) is 22.5. The lowest BCUT2D eigenvalue weighted by Crippen LogP contribution is -2.38. The molecule has 2 aromatic rings. The molecule has 0 spiro atoms. The fourth-order valence-electron chi connectivity index (χ4n) is 2.04. The summed E-state index contributed by atoms with van der Waals surface area (Å²) in [7, 11) is 0. The van der Waals surface area contributed by atoms with E-state index in [1.165, 1.54) is 12.1 Å². The number of hydrogen-bond acceptors (Lipinski definition) is 5. The van der Waals surface area contributed by atoms with Gasteiger partial charge in [-0.1, -0.05) is 32.4 Å². The van der Waals surface area contributed by atoms with Gasteiger partial charge >= 0.3 is 6.18 Å². The minimum absolute atomic E-state index is 0.0600.